The van der Waals surface area contributed by atoms with Gasteiger partial charge in [0.25, 0.3) is 0 Å². The molecule has 0 N–H and O–H groups in total. The number of halogens is 1. The maximum atomic E-state index is 12.3. The van der Waals surface area contributed by atoms with Crippen LogP contribution in [0.2, 0.25) is 0 Å². The highest BCUT2D eigenvalue weighted by atomic mass is 79.9. The summed E-state index contributed by atoms with van der Waals surface area (Å²) in [5.74, 6) is -2.14. The molecule has 7 heteroatoms. The molecule has 0 saturated carbocycles. The van der Waals surface area contributed by atoms with Crippen molar-refractivity contribution in [3.63, 3.8) is 0 Å². The molecule has 0 aliphatic carbocycles. The molecule has 0 amide bonds. The van der Waals surface area contributed by atoms with E-state index in [4.69, 9.17) is 14.2 Å². The second-order valence-corrected chi connectivity index (χ2v) is 6.12. The topological polar surface area (TPSA) is 78.9 Å². The zero-order valence-corrected chi connectivity index (χ0v) is 16.1. The van der Waals surface area contributed by atoms with Crippen LogP contribution in [-0.4, -0.2) is 29.3 Å². The molecule has 1 atom stereocenters. The maximum Gasteiger partial charge on any atom is 0.348 e. The summed E-state index contributed by atoms with van der Waals surface area (Å²) in [5, 5.41) is -0.103. The Morgan fingerprint density at radius 2 is 1.30 bits per heavy atom. The number of ether oxygens (including phenoxy) is 3. The summed E-state index contributed by atoms with van der Waals surface area (Å²) in [6.45, 7) is 0.0823. The van der Waals surface area contributed by atoms with Crippen LogP contribution >= 0.6 is 15.9 Å². The molecule has 2 aromatic carbocycles. The van der Waals surface area contributed by atoms with Crippen LogP contribution in [0.3, 0.4) is 0 Å². The van der Waals surface area contributed by atoms with Crippen LogP contribution in [0.5, 0.6) is 0 Å². The molecule has 0 aliphatic rings. The lowest BCUT2D eigenvalue weighted by atomic mass is 10.2. The molecule has 0 saturated heterocycles. The molecule has 0 bridgehead atoms. The highest BCUT2D eigenvalue weighted by Crippen LogP contribution is 2.10. The average Bonchev–Trinajstić information content (AvgIpc) is 2.71. The Kier molecular flexibility index (Phi) is 8.51. The molecule has 6 nitrogen and oxygen atoms in total. The Hall–Kier alpha value is -2.67. The van der Waals surface area contributed by atoms with Crippen LogP contribution in [-0.2, 0) is 41.8 Å². The van der Waals surface area contributed by atoms with Gasteiger partial charge in [0.05, 0.1) is 6.42 Å². The zero-order chi connectivity index (χ0) is 19.5. The van der Waals surface area contributed by atoms with E-state index in [9.17, 15) is 14.4 Å². The first-order chi connectivity index (χ1) is 13.1. The normalized spacial score (nSPS) is 11.3. The third kappa shape index (κ3) is 7.62. The first-order valence-electron chi connectivity index (χ1n) is 8.24. The van der Waals surface area contributed by atoms with Gasteiger partial charge in [-0.15, -0.1) is 0 Å². The molecule has 2 rings (SSSR count). The summed E-state index contributed by atoms with van der Waals surface area (Å²) in [6.07, 6.45) is -1.78. The van der Waals surface area contributed by atoms with Crippen LogP contribution in [0, 0.1) is 0 Å². The zero-order valence-electron chi connectivity index (χ0n) is 14.5. The summed E-state index contributed by atoms with van der Waals surface area (Å²) in [4.78, 5) is 35.8. The van der Waals surface area contributed by atoms with E-state index in [-0.39, 0.29) is 18.5 Å². The molecule has 142 valence electrons. The van der Waals surface area contributed by atoms with Crippen molar-refractivity contribution in [2.45, 2.75) is 25.7 Å². The molecule has 0 aliphatic heterocycles. The lowest BCUT2D eigenvalue weighted by Crippen LogP contribution is -2.32. The molecular weight excluding hydrogens is 416 g/mol. The van der Waals surface area contributed by atoms with Gasteiger partial charge in [0, 0.05) is 0 Å². The third-order valence-corrected chi connectivity index (χ3v) is 3.92. The van der Waals surface area contributed by atoms with Crippen molar-refractivity contribution in [2.75, 3.05) is 5.33 Å². The highest BCUT2D eigenvalue weighted by Gasteiger charge is 2.28. The number of rotatable bonds is 9. The van der Waals surface area contributed by atoms with E-state index in [1.807, 2.05) is 48.5 Å². The first kappa shape index (κ1) is 20.6. The lowest BCUT2D eigenvalue weighted by Gasteiger charge is -2.16. The second-order valence-electron chi connectivity index (χ2n) is 5.56. The van der Waals surface area contributed by atoms with E-state index >= 15 is 0 Å². The van der Waals surface area contributed by atoms with Gasteiger partial charge in [-0.2, -0.15) is 0 Å². The third-order valence-electron chi connectivity index (χ3n) is 3.46. The predicted octanol–water partition coefficient (Wildman–Crippen LogP) is 3.17. The van der Waals surface area contributed by atoms with Crippen molar-refractivity contribution >= 4 is 33.8 Å². The van der Waals surface area contributed by atoms with Gasteiger partial charge in [-0.25, -0.2) is 4.79 Å². The SMILES string of the molecule is O=C(C[C@H](OC(=O)CBr)C(=O)OCc1ccccc1)OCc1ccccc1. The molecule has 0 heterocycles. The van der Waals surface area contributed by atoms with Gasteiger partial charge in [-0.05, 0) is 11.1 Å². The van der Waals surface area contributed by atoms with Gasteiger partial charge in [0.2, 0.25) is 6.10 Å². The van der Waals surface area contributed by atoms with Gasteiger partial charge in [0.1, 0.15) is 18.5 Å². The minimum absolute atomic E-state index is 0.0150. The lowest BCUT2D eigenvalue weighted by molar-refractivity contribution is -0.171. The summed E-state index contributed by atoms with van der Waals surface area (Å²) in [6, 6.07) is 18.2. The van der Waals surface area contributed by atoms with E-state index in [0.717, 1.165) is 11.1 Å². The van der Waals surface area contributed by atoms with Gasteiger partial charge in [0.15, 0.2) is 0 Å². The number of hydrogen-bond acceptors (Lipinski definition) is 6. The standard InChI is InChI=1S/C20H19BrO6/c21-12-19(23)27-17(20(24)26-14-16-9-5-2-6-10-16)11-18(22)25-13-15-7-3-1-4-8-15/h1-10,17H,11-14H2/t17-/m0/s1. The average molecular weight is 435 g/mol. The van der Waals surface area contributed by atoms with Crippen molar-refractivity contribution in [3.05, 3.63) is 71.8 Å². The van der Waals surface area contributed by atoms with Gasteiger partial charge < -0.3 is 14.2 Å². The number of carbonyl (C=O) groups is 3. The summed E-state index contributed by atoms with van der Waals surface area (Å²) in [5.41, 5.74) is 1.59. The van der Waals surface area contributed by atoms with E-state index in [1.54, 1.807) is 12.1 Å². The number of hydrogen-bond donors (Lipinski definition) is 0. The molecule has 0 aromatic heterocycles. The summed E-state index contributed by atoms with van der Waals surface area (Å²) in [7, 11) is 0. The van der Waals surface area contributed by atoms with Crippen LogP contribution in [0.1, 0.15) is 17.5 Å². The van der Waals surface area contributed by atoms with Crippen molar-refractivity contribution in [3.8, 4) is 0 Å². The minimum atomic E-state index is -1.36. The largest absolute Gasteiger partial charge is 0.461 e. The quantitative estimate of drug-likeness (QED) is 0.342. The molecule has 2 aromatic rings. The molecule has 0 unspecified atom stereocenters. The fraction of sp³-hybridized carbons (Fsp3) is 0.250. The molecule has 0 fully saturated rings. The number of benzene rings is 2. The molecule has 27 heavy (non-hydrogen) atoms. The summed E-state index contributed by atoms with van der Waals surface area (Å²) >= 11 is 2.95. The van der Waals surface area contributed by atoms with E-state index in [1.165, 1.54) is 0 Å². The fourth-order valence-electron chi connectivity index (χ4n) is 2.13. The van der Waals surface area contributed by atoms with Gasteiger partial charge >= 0.3 is 17.9 Å². The smallest absolute Gasteiger partial charge is 0.348 e. The monoisotopic (exact) mass is 434 g/mol. The molecular formula is C20H19BrO6. The number of esters is 3. The van der Waals surface area contributed by atoms with E-state index in [0.29, 0.717) is 0 Å². The fourth-order valence-corrected chi connectivity index (χ4v) is 2.27. The number of carbonyl (C=O) groups excluding carboxylic acids is 3. The van der Waals surface area contributed by atoms with Crippen LogP contribution in [0.4, 0.5) is 0 Å². The Bertz CT molecular complexity index is 748. The maximum absolute atomic E-state index is 12.3. The van der Waals surface area contributed by atoms with Crippen molar-refractivity contribution in [1.82, 2.24) is 0 Å². The summed E-state index contributed by atoms with van der Waals surface area (Å²) < 4.78 is 15.3. The first-order valence-corrected chi connectivity index (χ1v) is 9.36. The predicted molar refractivity (Wildman–Crippen MR) is 101 cm³/mol. The van der Waals surface area contributed by atoms with Gasteiger partial charge in [-0.3, -0.25) is 9.59 Å². The van der Waals surface area contributed by atoms with Crippen molar-refractivity contribution in [1.29, 1.82) is 0 Å². The second kappa shape index (κ2) is 11.1. The Morgan fingerprint density at radius 1 is 0.778 bits per heavy atom. The van der Waals surface area contributed by atoms with Crippen molar-refractivity contribution in [2.24, 2.45) is 0 Å². The molecule has 0 spiro atoms. The van der Waals surface area contributed by atoms with Gasteiger partial charge in [-0.1, -0.05) is 76.6 Å². The number of alkyl halides is 1. The van der Waals surface area contributed by atoms with Crippen LogP contribution in [0.15, 0.2) is 60.7 Å². The van der Waals surface area contributed by atoms with Crippen LogP contribution in [0.25, 0.3) is 0 Å². The molecule has 0 radical (unpaired) electrons. The Morgan fingerprint density at radius 3 is 1.81 bits per heavy atom. The Labute approximate surface area is 165 Å². The highest BCUT2D eigenvalue weighted by molar-refractivity contribution is 9.09. The minimum Gasteiger partial charge on any atom is -0.461 e. The Balaban J connectivity index is 1.90. The van der Waals surface area contributed by atoms with E-state index in [2.05, 4.69) is 15.9 Å². The van der Waals surface area contributed by atoms with E-state index < -0.39 is 30.4 Å². The van der Waals surface area contributed by atoms with Crippen LogP contribution < -0.4 is 0 Å². The van der Waals surface area contributed by atoms with Crippen molar-refractivity contribution < 1.29 is 28.6 Å².